The van der Waals surface area contributed by atoms with Crippen LogP contribution < -0.4 is 4.57 Å². The molecular weight excluding hydrogens is 462 g/mol. The minimum atomic E-state index is 0.665. The van der Waals surface area contributed by atoms with Gasteiger partial charge >= 0.3 is 0 Å². The van der Waals surface area contributed by atoms with Crippen molar-refractivity contribution in [3.63, 3.8) is 0 Å². The predicted octanol–water partition coefficient (Wildman–Crippen LogP) is 8.75. The average Bonchev–Trinajstić information content (AvgIpc) is 3.29. The van der Waals surface area contributed by atoms with Crippen LogP contribution in [0.1, 0.15) is 11.1 Å². The summed E-state index contributed by atoms with van der Waals surface area (Å²) in [7, 11) is 2.13. The molecule has 7 rings (SSSR count). The Labute approximate surface area is 221 Å². The average molecular weight is 489 g/mol. The number of nitrogens with zero attached hydrogens (tertiary/aromatic N) is 3. The smallest absolute Gasteiger partial charge is 0.220 e. The van der Waals surface area contributed by atoms with Crippen molar-refractivity contribution in [3.05, 3.63) is 126 Å². The molecule has 0 saturated heterocycles. The van der Waals surface area contributed by atoms with Gasteiger partial charge in [0.05, 0.1) is 34.2 Å². The number of pyridine rings is 1. The maximum absolute atomic E-state index is 7.91. The van der Waals surface area contributed by atoms with Crippen molar-refractivity contribution in [1.29, 1.82) is 0 Å². The Morgan fingerprint density at radius 1 is 0.684 bits per heavy atom. The maximum atomic E-state index is 7.91. The van der Waals surface area contributed by atoms with Gasteiger partial charge < -0.3 is 4.57 Å². The van der Waals surface area contributed by atoms with Crippen LogP contribution in [0.2, 0.25) is 0 Å². The monoisotopic (exact) mass is 488 g/mol. The molecule has 0 aliphatic heterocycles. The van der Waals surface area contributed by atoms with Gasteiger partial charge in [-0.25, -0.2) is 9.41 Å². The minimum Gasteiger partial charge on any atom is -0.318 e. The van der Waals surface area contributed by atoms with Crippen LogP contribution in [0.15, 0.2) is 103 Å². The number of hydrogen-bond donors (Lipinski definition) is 0. The molecule has 0 bridgehead atoms. The van der Waals surface area contributed by atoms with Gasteiger partial charge in [-0.2, -0.15) is 0 Å². The Kier molecular flexibility index (Phi) is 4.86. The minimum absolute atomic E-state index is 0.665. The Hall–Kier alpha value is -4.94. The van der Waals surface area contributed by atoms with E-state index in [2.05, 4.69) is 126 Å². The molecule has 2 heterocycles. The van der Waals surface area contributed by atoms with Gasteiger partial charge in [0.2, 0.25) is 11.4 Å². The molecule has 0 unspecified atom stereocenters. The highest BCUT2D eigenvalue weighted by Gasteiger charge is 2.22. The molecule has 0 aliphatic carbocycles. The Morgan fingerprint density at radius 3 is 2.18 bits per heavy atom. The second-order valence-corrected chi connectivity index (χ2v) is 10.1. The number of para-hydroxylation sites is 2. The summed E-state index contributed by atoms with van der Waals surface area (Å²) in [6.07, 6.45) is 2.16. The van der Waals surface area contributed by atoms with Crippen molar-refractivity contribution in [3.8, 4) is 16.9 Å². The van der Waals surface area contributed by atoms with Crippen LogP contribution in [0.3, 0.4) is 0 Å². The number of aryl methyl sites for hydroxylation is 3. The summed E-state index contributed by atoms with van der Waals surface area (Å²) in [4.78, 5) is 3.91. The normalized spacial score (nSPS) is 11.5. The first-order valence-corrected chi connectivity index (χ1v) is 12.9. The van der Waals surface area contributed by atoms with Gasteiger partial charge in [-0.05, 0) is 65.4 Å². The highest BCUT2D eigenvalue weighted by molar-refractivity contribution is 6.14. The molecule has 7 aromatic rings. The van der Waals surface area contributed by atoms with E-state index in [0.717, 1.165) is 32.9 Å². The van der Waals surface area contributed by atoms with E-state index in [1.165, 1.54) is 38.5 Å². The van der Waals surface area contributed by atoms with E-state index >= 15 is 0 Å². The van der Waals surface area contributed by atoms with Gasteiger partial charge in [0.1, 0.15) is 7.05 Å². The molecule has 0 radical (unpaired) electrons. The first kappa shape index (κ1) is 22.3. The van der Waals surface area contributed by atoms with E-state index in [-0.39, 0.29) is 0 Å². The fourth-order valence-corrected chi connectivity index (χ4v) is 6.20. The molecule has 0 N–H and O–H groups in total. The zero-order valence-electron chi connectivity index (χ0n) is 21.7. The summed E-state index contributed by atoms with van der Waals surface area (Å²) in [5.74, 6) is 0. The van der Waals surface area contributed by atoms with Gasteiger partial charge in [0.25, 0.3) is 0 Å². The number of benzene rings is 5. The largest absolute Gasteiger partial charge is 0.318 e. The lowest BCUT2D eigenvalue weighted by molar-refractivity contribution is -0.659. The highest BCUT2D eigenvalue weighted by atomic mass is 15.0. The molecule has 0 spiro atoms. The molecule has 38 heavy (non-hydrogen) atoms. The summed E-state index contributed by atoms with van der Waals surface area (Å²) in [5, 5.41) is 7.21. The zero-order chi connectivity index (χ0) is 26.0. The van der Waals surface area contributed by atoms with Gasteiger partial charge in [-0.1, -0.05) is 66.7 Å². The van der Waals surface area contributed by atoms with Crippen LogP contribution in [-0.2, 0) is 7.05 Å². The van der Waals surface area contributed by atoms with E-state index in [1.807, 2.05) is 12.1 Å². The third-order valence-electron chi connectivity index (χ3n) is 7.97. The molecule has 3 nitrogen and oxygen atoms in total. The van der Waals surface area contributed by atoms with Gasteiger partial charge in [-0.3, -0.25) is 0 Å². The van der Waals surface area contributed by atoms with Crippen LogP contribution in [0, 0.1) is 20.4 Å². The SMILES string of the molecule is [C-]#[N+]c1cccc2c3ccccc3n(-c3cccc4c(-c5cc(C)c6ccccc6c5C)[n+](C)ccc34)c12. The van der Waals surface area contributed by atoms with Gasteiger partial charge in [0.15, 0.2) is 6.20 Å². The standard InChI is InChI=1S/C35H26N3/c1-22-21-30(23(2)25-12-6-5-11-24(22)25)34-28-15-10-18-33(27(28)19-20-37(34)4)38-32-17-8-7-13-26(32)29-14-9-16-31(36-3)35(29)38/h5-21H,1-2,4H3/q+1. The number of hydrogen-bond acceptors (Lipinski definition) is 0. The lowest BCUT2D eigenvalue weighted by Gasteiger charge is -2.15. The van der Waals surface area contributed by atoms with Gasteiger partial charge in [-0.15, -0.1) is 0 Å². The first-order valence-electron chi connectivity index (χ1n) is 12.9. The van der Waals surface area contributed by atoms with E-state index in [4.69, 9.17) is 6.57 Å². The molecule has 0 saturated carbocycles. The van der Waals surface area contributed by atoms with Crippen molar-refractivity contribution in [2.24, 2.45) is 7.05 Å². The van der Waals surface area contributed by atoms with Crippen molar-refractivity contribution >= 4 is 49.0 Å². The van der Waals surface area contributed by atoms with Crippen LogP contribution in [-0.4, -0.2) is 4.57 Å². The van der Waals surface area contributed by atoms with Crippen molar-refractivity contribution in [2.45, 2.75) is 13.8 Å². The number of fused-ring (bicyclic) bond motifs is 5. The van der Waals surface area contributed by atoms with Crippen LogP contribution in [0.25, 0.3) is 65.1 Å². The quantitative estimate of drug-likeness (QED) is 0.170. The lowest BCUT2D eigenvalue weighted by Crippen LogP contribution is -2.31. The van der Waals surface area contributed by atoms with Crippen LogP contribution >= 0.6 is 0 Å². The van der Waals surface area contributed by atoms with Crippen molar-refractivity contribution < 1.29 is 4.57 Å². The molecule has 0 amide bonds. The van der Waals surface area contributed by atoms with Crippen LogP contribution in [0.5, 0.6) is 0 Å². The number of rotatable bonds is 2. The molecule has 0 aliphatic rings. The Bertz CT molecular complexity index is 2120. The molecule has 0 atom stereocenters. The van der Waals surface area contributed by atoms with E-state index in [1.54, 1.807) is 0 Å². The molecular formula is C35H26N3+. The van der Waals surface area contributed by atoms with Gasteiger partial charge in [0, 0.05) is 16.8 Å². The Balaban J connectivity index is 1.61. The Morgan fingerprint density at radius 2 is 1.37 bits per heavy atom. The summed E-state index contributed by atoms with van der Waals surface area (Å²) in [6.45, 7) is 12.3. The number of aromatic nitrogens is 2. The highest BCUT2D eigenvalue weighted by Crippen LogP contribution is 2.40. The first-order chi connectivity index (χ1) is 18.6. The maximum Gasteiger partial charge on any atom is 0.220 e. The lowest BCUT2D eigenvalue weighted by atomic mass is 9.92. The fraction of sp³-hybridized carbons (Fsp3) is 0.0857. The van der Waals surface area contributed by atoms with E-state index in [9.17, 15) is 0 Å². The third kappa shape index (κ3) is 3.04. The molecule has 0 fully saturated rings. The molecule has 180 valence electrons. The van der Waals surface area contributed by atoms with E-state index < -0.39 is 0 Å². The summed E-state index contributed by atoms with van der Waals surface area (Å²) in [6, 6.07) is 34.2. The summed E-state index contributed by atoms with van der Waals surface area (Å²) >= 11 is 0. The topological polar surface area (TPSA) is 13.2 Å². The van der Waals surface area contributed by atoms with Crippen molar-refractivity contribution in [2.75, 3.05) is 0 Å². The van der Waals surface area contributed by atoms with E-state index in [0.29, 0.717) is 5.69 Å². The molecule has 2 aromatic heterocycles. The second-order valence-electron chi connectivity index (χ2n) is 10.1. The summed E-state index contributed by atoms with van der Waals surface area (Å²) in [5.41, 5.74) is 8.82. The predicted molar refractivity (Wildman–Crippen MR) is 158 cm³/mol. The van der Waals surface area contributed by atoms with Crippen molar-refractivity contribution in [1.82, 2.24) is 4.57 Å². The third-order valence-corrected chi connectivity index (χ3v) is 7.97. The zero-order valence-corrected chi connectivity index (χ0v) is 21.7. The summed E-state index contributed by atoms with van der Waals surface area (Å²) < 4.78 is 4.52. The molecule has 3 heteroatoms. The second kappa shape index (κ2) is 8.30. The van der Waals surface area contributed by atoms with Crippen LogP contribution in [0.4, 0.5) is 5.69 Å². The fourth-order valence-electron chi connectivity index (χ4n) is 6.20. The molecule has 5 aromatic carbocycles.